The van der Waals surface area contributed by atoms with Gasteiger partial charge in [0.25, 0.3) is 0 Å². The predicted octanol–water partition coefficient (Wildman–Crippen LogP) is 6.32. The molecule has 0 bridgehead atoms. The third-order valence-electron chi connectivity index (χ3n) is 12.0. The fraction of sp³-hybridized carbons (Fsp3) is 0.889. The average Bonchev–Trinajstić information content (AvgIpc) is 3.03. The summed E-state index contributed by atoms with van der Waals surface area (Å²) in [6, 6.07) is 0. The molecule has 4 nitrogen and oxygen atoms in total. The van der Waals surface area contributed by atoms with E-state index in [1.54, 1.807) is 7.11 Å². The Labute approximate surface area is 189 Å². The Kier molecular flexibility index (Phi) is 5.31. The van der Waals surface area contributed by atoms with Crippen LogP contribution in [-0.2, 0) is 4.74 Å². The molecule has 4 aliphatic rings. The van der Waals surface area contributed by atoms with Crippen LogP contribution in [0.15, 0.2) is 17.8 Å². The van der Waals surface area contributed by atoms with Crippen LogP contribution in [0.25, 0.3) is 0 Å². The standard InChI is InChI=1S/C27H45NO3/c1-8-27-12-9-20(19(2)28-30)23(27,4)13-14-24(5)21(27)10-11-22(3)17-26(29,18-31-7)16-15-25(22,24)6/h8,20-21,29-30H,1,9-18H2,2-7H3/p-1/b28-19+/t20-,21-,22-,23-,24+,25+,26-,27+/m1/s1. The molecule has 0 spiro atoms. The minimum Gasteiger partial charge on any atom is -0.792 e. The summed E-state index contributed by atoms with van der Waals surface area (Å²) in [5.41, 5.74) is 0.660. The molecule has 176 valence electrons. The molecule has 0 aromatic carbocycles. The van der Waals surface area contributed by atoms with Crippen molar-refractivity contribution in [3.8, 4) is 0 Å². The van der Waals surface area contributed by atoms with Crippen LogP contribution in [0.4, 0.5) is 0 Å². The number of nitrogens with zero attached hydrogens (tertiary/aromatic N) is 1. The Balaban J connectivity index is 1.76. The van der Waals surface area contributed by atoms with Gasteiger partial charge in [-0.2, -0.15) is 0 Å². The number of hydrogen-bond acceptors (Lipinski definition) is 4. The number of allylic oxidation sites excluding steroid dienone is 1. The molecule has 1 N–H and O–H groups in total. The molecule has 0 heterocycles. The van der Waals surface area contributed by atoms with E-state index in [0.29, 0.717) is 12.5 Å². The Morgan fingerprint density at radius 2 is 1.74 bits per heavy atom. The second-order valence-electron chi connectivity index (χ2n) is 12.7. The zero-order valence-corrected chi connectivity index (χ0v) is 20.7. The largest absolute Gasteiger partial charge is 0.792 e. The minimum atomic E-state index is -0.703. The van der Waals surface area contributed by atoms with Gasteiger partial charge in [0.15, 0.2) is 0 Å². The maximum absolute atomic E-state index is 11.5. The van der Waals surface area contributed by atoms with Gasteiger partial charge in [-0.1, -0.05) is 33.8 Å². The van der Waals surface area contributed by atoms with Gasteiger partial charge in [-0.25, -0.2) is 0 Å². The van der Waals surface area contributed by atoms with Gasteiger partial charge in [0.2, 0.25) is 0 Å². The lowest BCUT2D eigenvalue weighted by Gasteiger charge is -2.73. The zero-order valence-electron chi connectivity index (χ0n) is 20.7. The van der Waals surface area contributed by atoms with Crippen LogP contribution in [0.2, 0.25) is 0 Å². The first-order valence-electron chi connectivity index (χ1n) is 12.4. The first-order chi connectivity index (χ1) is 14.4. The van der Waals surface area contributed by atoms with E-state index in [0.717, 1.165) is 50.7 Å². The summed E-state index contributed by atoms with van der Waals surface area (Å²) in [5.74, 6) is 0.833. The first kappa shape index (κ1) is 23.3. The van der Waals surface area contributed by atoms with E-state index in [1.165, 1.54) is 12.8 Å². The topological polar surface area (TPSA) is 64.9 Å². The Morgan fingerprint density at radius 3 is 2.35 bits per heavy atom. The van der Waals surface area contributed by atoms with E-state index in [1.807, 2.05) is 6.92 Å². The second-order valence-corrected chi connectivity index (χ2v) is 12.7. The van der Waals surface area contributed by atoms with Crippen molar-refractivity contribution in [2.24, 2.45) is 44.1 Å². The number of fused-ring (bicyclic) bond motifs is 5. The lowest BCUT2D eigenvalue weighted by atomic mass is 9.31. The number of rotatable bonds is 4. The van der Waals surface area contributed by atoms with E-state index < -0.39 is 5.60 Å². The zero-order chi connectivity index (χ0) is 22.9. The number of hydrogen-bond donors (Lipinski definition) is 1. The lowest BCUT2D eigenvalue weighted by molar-refractivity contribution is -0.252. The van der Waals surface area contributed by atoms with Crippen molar-refractivity contribution in [1.82, 2.24) is 0 Å². The van der Waals surface area contributed by atoms with Crippen molar-refractivity contribution < 1.29 is 9.84 Å². The van der Waals surface area contributed by atoms with Gasteiger partial charge in [-0.3, -0.25) is 0 Å². The molecule has 4 aliphatic carbocycles. The molecule has 0 unspecified atom stereocenters. The number of ether oxygens (including phenoxy) is 1. The van der Waals surface area contributed by atoms with Gasteiger partial charge in [0.05, 0.1) is 12.2 Å². The van der Waals surface area contributed by atoms with E-state index in [2.05, 4.69) is 45.5 Å². The molecule has 4 heteroatoms. The van der Waals surface area contributed by atoms with Crippen LogP contribution in [-0.4, -0.2) is 30.1 Å². The molecular formula is C27H44NO3-. The molecule has 0 radical (unpaired) electrons. The lowest BCUT2D eigenvalue weighted by Crippen LogP contribution is -2.67. The Hall–Kier alpha value is -0.870. The highest BCUT2D eigenvalue weighted by molar-refractivity contribution is 5.86. The van der Waals surface area contributed by atoms with Crippen LogP contribution in [0, 0.1) is 44.1 Å². The van der Waals surface area contributed by atoms with E-state index in [4.69, 9.17) is 4.74 Å². The van der Waals surface area contributed by atoms with Crippen LogP contribution >= 0.6 is 0 Å². The molecule has 4 saturated carbocycles. The Morgan fingerprint density at radius 1 is 1.06 bits per heavy atom. The molecule has 8 atom stereocenters. The van der Waals surface area contributed by atoms with E-state index >= 15 is 0 Å². The van der Waals surface area contributed by atoms with Crippen molar-refractivity contribution in [3.63, 3.8) is 0 Å². The smallest absolute Gasteiger partial charge is 0.0885 e. The van der Waals surface area contributed by atoms with Gasteiger partial charge >= 0.3 is 0 Å². The highest BCUT2D eigenvalue weighted by Gasteiger charge is 2.73. The van der Waals surface area contributed by atoms with Gasteiger partial charge in [0, 0.05) is 18.7 Å². The predicted molar refractivity (Wildman–Crippen MR) is 127 cm³/mol. The second kappa shape index (κ2) is 7.06. The normalized spacial score (nSPS) is 54.6. The molecule has 4 rings (SSSR count). The van der Waals surface area contributed by atoms with Crippen LogP contribution in [0.3, 0.4) is 0 Å². The number of aliphatic hydroxyl groups is 1. The average molecular weight is 431 g/mol. The third kappa shape index (κ3) is 2.70. The minimum absolute atomic E-state index is 0.0568. The maximum Gasteiger partial charge on any atom is 0.0885 e. The summed E-state index contributed by atoms with van der Waals surface area (Å²) in [6.45, 7) is 16.7. The quantitative estimate of drug-likeness (QED) is 0.322. The van der Waals surface area contributed by atoms with Crippen molar-refractivity contribution in [2.75, 3.05) is 13.7 Å². The van der Waals surface area contributed by atoms with Crippen LogP contribution in [0.5, 0.6) is 0 Å². The highest BCUT2D eigenvalue weighted by atomic mass is 16.5. The van der Waals surface area contributed by atoms with Crippen molar-refractivity contribution in [3.05, 3.63) is 17.9 Å². The summed E-state index contributed by atoms with van der Waals surface area (Å²) in [4.78, 5) is 0. The van der Waals surface area contributed by atoms with Crippen LogP contribution in [0.1, 0.15) is 92.4 Å². The molecule has 31 heavy (non-hydrogen) atoms. The van der Waals surface area contributed by atoms with Crippen LogP contribution < -0.4 is 0 Å². The summed E-state index contributed by atoms with van der Waals surface area (Å²) in [5, 5.41) is 26.2. The fourth-order valence-corrected chi connectivity index (χ4v) is 9.99. The third-order valence-corrected chi connectivity index (χ3v) is 12.0. The first-order valence-corrected chi connectivity index (χ1v) is 12.4. The van der Waals surface area contributed by atoms with E-state index in [9.17, 15) is 10.3 Å². The SMILES string of the molecule is C=C[C@@]12CC[C@H](/C(C)=N/[O-])[C@@]1(C)CC[C@@]1(C)[C@H]2CC[C@]2(C)C[C@@](O)(COC)CC[C@@]21C. The van der Waals surface area contributed by atoms with Crippen molar-refractivity contribution in [1.29, 1.82) is 0 Å². The van der Waals surface area contributed by atoms with Gasteiger partial charge < -0.3 is 20.2 Å². The monoisotopic (exact) mass is 430 g/mol. The molecule has 0 saturated heterocycles. The van der Waals surface area contributed by atoms with E-state index in [-0.39, 0.29) is 33.0 Å². The molecule has 0 amide bonds. The Bertz CT molecular complexity index is 780. The molecule has 4 fully saturated rings. The molecule has 0 aliphatic heterocycles. The van der Waals surface area contributed by atoms with Gasteiger partial charge in [-0.05, 0) is 97.7 Å². The van der Waals surface area contributed by atoms with Crippen molar-refractivity contribution >= 4 is 5.71 Å². The van der Waals surface area contributed by atoms with Gasteiger partial charge in [0.1, 0.15) is 0 Å². The summed E-state index contributed by atoms with van der Waals surface area (Å²) in [6.07, 6.45) is 11.8. The molecule has 0 aromatic rings. The van der Waals surface area contributed by atoms with Crippen molar-refractivity contribution in [2.45, 2.75) is 98.0 Å². The fourth-order valence-electron chi connectivity index (χ4n) is 9.99. The molecule has 0 aromatic heterocycles. The number of methoxy groups -OCH3 is 1. The summed E-state index contributed by atoms with van der Waals surface area (Å²) < 4.78 is 5.42. The maximum atomic E-state index is 11.5. The summed E-state index contributed by atoms with van der Waals surface area (Å²) in [7, 11) is 1.70. The summed E-state index contributed by atoms with van der Waals surface area (Å²) >= 11 is 0. The van der Waals surface area contributed by atoms with Gasteiger partial charge in [-0.15, -0.1) is 6.58 Å². The highest BCUT2D eigenvalue weighted by Crippen LogP contribution is 2.79. The molecular weight excluding hydrogens is 386 g/mol.